The zero-order valence-electron chi connectivity index (χ0n) is 10.2. The lowest BCUT2D eigenvalue weighted by Gasteiger charge is -2.04. The summed E-state index contributed by atoms with van der Waals surface area (Å²) in [6.45, 7) is 5.96. The minimum absolute atomic E-state index is 0.361. The molecule has 0 aromatic heterocycles. The molecular formula is C14H15NO2. The molecule has 0 unspecified atom stereocenters. The average molecular weight is 229 g/mol. The molecule has 1 aliphatic rings. The topological polar surface area (TPSA) is 38.7 Å². The van der Waals surface area contributed by atoms with Crippen LogP contribution >= 0.6 is 0 Å². The highest BCUT2D eigenvalue weighted by Crippen LogP contribution is 2.18. The van der Waals surface area contributed by atoms with Gasteiger partial charge in [-0.1, -0.05) is 38.1 Å². The van der Waals surface area contributed by atoms with Gasteiger partial charge >= 0.3 is 5.97 Å². The van der Waals surface area contributed by atoms with Crippen molar-refractivity contribution in [1.82, 2.24) is 0 Å². The van der Waals surface area contributed by atoms with Crippen molar-refractivity contribution in [3.05, 3.63) is 41.1 Å². The molecule has 0 radical (unpaired) electrons. The number of hydrogen-bond acceptors (Lipinski definition) is 3. The van der Waals surface area contributed by atoms with Crippen LogP contribution in [0.25, 0.3) is 6.08 Å². The molecule has 1 aliphatic heterocycles. The Morgan fingerprint density at radius 1 is 1.24 bits per heavy atom. The second-order valence-corrected chi connectivity index (χ2v) is 4.37. The zero-order valence-corrected chi connectivity index (χ0v) is 10.2. The summed E-state index contributed by atoms with van der Waals surface area (Å²) >= 11 is 0. The maximum Gasteiger partial charge on any atom is 0.363 e. The van der Waals surface area contributed by atoms with Crippen molar-refractivity contribution in [3.63, 3.8) is 0 Å². The Bertz CT molecular complexity index is 495. The number of esters is 1. The van der Waals surface area contributed by atoms with E-state index in [0.717, 1.165) is 5.56 Å². The molecule has 0 fully saturated rings. The van der Waals surface area contributed by atoms with Crippen molar-refractivity contribution in [2.24, 2.45) is 4.99 Å². The summed E-state index contributed by atoms with van der Waals surface area (Å²) in [5.74, 6) is 0.531. The molecule has 1 heterocycles. The van der Waals surface area contributed by atoms with Gasteiger partial charge in [0.05, 0.1) is 0 Å². The standard InChI is InChI=1S/C14H15NO2/c1-9(2)12-6-4-11(5-7-12)8-13-14(16)17-10(3)15-13/h4-9H,1-3H3/b13-8+. The number of cyclic esters (lactones) is 1. The normalized spacial score (nSPS) is 17.5. The third kappa shape index (κ3) is 2.61. The molecule has 1 aromatic carbocycles. The van der Waals surface area contributed by atoms with E-state index in [0.29, 0.717) is 17.5 Å². The van der Waals surface area contributed by atoms with E-state index in [1.165, 1.54) is 5.56 Å². The molecule has 0 N–H and O–H groups in total. The van der Waals surface area contributed by atoms with E-state index in [4.69, 9.17) is 4.74 Å². The van der Waals surface area contributed by atoms with Crippen molar-refractivity contribution in [3.8, 4) is 0 Å². The summed E-state index contributed by atoms with van der Waals surface area (Å²) in [4.78, 5) is 15.4. The van der Waals surface area contributed by atoms with Crippen LogP contribution in [0, 0.1) is 0 Å². The number of rotatable bonds is 2. The molecule has 2 rings (SSSR count). The quantitative estimate of drug-likeness (QED) is 0.577. The Balaban J connectivity index is 2.25. The van der Waals surface area contributed by atoms with Gasteiger partial charge in [0, 0.05) is 6.92 Å². The number of ether oxygens (including phenoxy) is 1. The Hall–Kier alpha value is -1.90. The maximum atomic E-state index is 11.4. The molecule has 0 saturated carbocycles. The van der Waals surface area contributed by atoms with Gasteiger partial charge in [-0.05, 0) is 23.1 Å². The van der Waals surface area contributed by atoms with E-state index in [1.54, 1.807) is 13.0 Å². The van der Waals surface area contributed by atoms with Crippen LogP contribution in [0.1, 0.15) is 37.8 Å². The summed E-state index contributed by atoms with van der Waals surface area (Å²) in [7, 11) is 0. The van der Waals surface area contributed by atoms with Crippen LogP contribution in [-0.2, 0) is 9.53 Å². The van der Waals surface area contributed by atoms with Crippen LogP contribution in [-0.4, -0.2) is 11.9 Å². The van der Waals surface area contributed by atoms with E-state index in [-0.39, 0.29) is 5.97 Å². The highest BCUT2D eigenvalue weighted by atomic mass is 16.6. The van der Waals surface area contributed by atoms with Crippen LogP contribution in [0.3, 0.4) is 0 Å². The molecule has 0 saturated heterocycles. The molecule has 0 aliphatic carbocycles. The van der Waals surface area contributed by atoms with Gasteiger partial charge in [-0.3, -0.25) is 0 Å². The van der Waals surface area contributed by atoms with Gasteiger partial charge in [0.2, 0.25) is 0 Å². The van der Waals surface area contributed by atoms with E-state index in [1.807, 2.05) is 12.1 Å². The number of benzene rings is 1. The molecule has 3 nitrogen and oxygen atoms in total. The lowest BCUT2D eigenvalue weighted by Crippen LogP contribution is -1.99. The number of carbonyl (C=O) groups excluding carboxylic acids is 1. The molecule has 0 amide bonds. The van der Waals surface area contributed by atoms with Crippen molar-refractivity contribution < 1.29 is 9.53 Å². The van der Waals surface area contributed by atoms with Crippen LogP contribution < -0.4 is 0 Å². The van der Waals surface area contributed by atoms with Crippen molar-refractivity contribution in [1.29, 1.82) is 0 Å². The summed E-state index contributed by atoms with van der Waals surface area (Å²) in [6.07, 6.45) is 1.74. The first-order chi connectivity index (χ1) is 8.06. The van der Waals surface area contributed by atoms with Crippen molar-refractivity contribution in [2.75, 3.05) is 0 Å². The van der Waals surface area contributed by atoms with Crippen LogP contribution in [0.2, 0.25) is 0 Å². The first kappa shape index (κ1) is 11.6. The highest BCUT2D eigenvalue weighted by molar-refractivity contribution is 6.06. The van der Waals surface area contributed by atoms with Crippen molar-refractivity contribution >= 4 is 17.9 Å². The van der Waals surface area contributed by atoms with Crippen molar-refractivity contribution in [2.45, 2.75) is 26.7 Å². The Labute approximate surface area is 101 Å². The number of aliphatic imine (C=N–C) groups is 1. The van der Waals surface area contributed by atoms with Crippen LogP contribution in [0.4, 0.5) is 0 Å². The molecule has 1 aromatic rings. The van der Waals surface area contributed by atoms with Gasteiger partial charge in [0.15, 0.2) is 11.6 Å². The third-order valence-corrected chi connectivity index (χ3v) is 2.63. The van der Waals surface area contributed by atoms with Gasteiger partial charge in [-0.15, -0.1) is 0 Å². The second kappa shape index (κ2) is 4.53. The van der Waals surface area contributed by atoms with Gasteiger partial charge in [0.1, 0.15) is 0 Å². The highest BCUT2D eigenvalue weighted by Gasteiger charge is 2.19. The smallest absolute Gasteiger partial charge is 0.363 e. The predicted octanol–water partition coefficient (Wildman–Crippen LogP) is 3.13. The molecule has 17 heavy (non-hydrogen) atoms. The first-order valence-electron chi connectivity index (χ1n) is 5.65. The fraction of sp³-hybridized carbons (Fsp3) is 0.286. The number of hydrogen-bond donors (Lipinski definition) is 0. The molecule has 0 bridgehead atoms. The Morgan fingerprint density at radius 2 is 1.88 bits per heavy atom. The van der Waals surface area contributed by atoms with Gasteiger partial charge in [-0.2, -0.15) is 0 Å². The minimum Gasteiger partial charge on any atom is -0.407 e. The fourth-order valence-corrected chi connectivity index (χ4v) is 1.65. The molecule has 0 atom stereocenters. The predicted molar refractivity (Wildman–Crippen MR) is 67.7 cm³/mol. The van der Waals surface area contributed by atoms with Gasteiger partial charge < -0.3 is 4.74 Å². The van der Waals surface area contributed by atoms with E-state index < -0.39 is 0 Å². The number of carbonyl (C=O) groups is 1. The van der Waals surface area contributed by atoms with Crippen LogP contribution in [0.15, 0.2) is 35.0 Å². The Morgan fingerprint density at radius 3 is 2.35 bits per heavy atom. The van der Waals surface area contributed by atoms with Crippen LogP contribution in [0.5, 0.6) is 0 Å². The number of nitrogens with zero attached hydrogens (tertiary/aromatic N) is 1. The van der Waals surface area contributed by atoms with Gasteiger partial charge in [0.25, 0.3) is 0 Å². The van der Waals surface area contributed by atoms with E-state index in [2.05, 4.69) is 31.0 Å². The zero-order chi connectivity index (χ0) is 12.4. The summed E-state index contributed by atoms with van der Waals surface area (Å²) in [5, 5.41) is 0. The molecule has 0 spiro atoms. The molecule has 88 valence electrons. The lowest BCUT2D eigenvalue weighted by molar-refractivity contribution is -0.130. The molecular weight excluding hydrogens is 214 g/mol. The lowest BCUT2D eigenvalue weighted by atomic mass is 10.0. The third-order valence-electron chi connectivity index (χ3n) is 2.63. The Kier molecular flexibility index (Phi) is 3.09. The minimum atomic E-state index is -0.379. The average Bonchev–Trinajstić information content (AvgIpc) is 2.58. The monoisotopic (exact) mass is 229 g/mol. The largest absolute Gasteiger partial charge is 0.407 e. The van der Waals surface area contributed by atoms with E-state index in [9.17, 15) is 4.79 Å². The fourth-order valence-electron chi connectivity index (χ4n) is 1.65. The van der Waals surface area contributed by atoms with Gasteiger partial charge in [-0.25, -0.2) is 9.79 Å². The van der Waals surface area contributed by atoms with E-state index >= 15 is 0 Å². The maximum absolute atomic E-state index is 11.4. The summed E-state index contributed by atoms with van der Waals surface area (Å²) in [5.41, 5.74) is 2.60. The first-order valence-corrected chi connectivity index (χ1v) is 5.65. The summed E-state index contributed by atoms with van der Waals surface area (Å²) < 4.78 is 4.85. The summed E-state index contributed by atoms with van der Waals surface area (Å²) in [6, 6.07) is 8.10. The second-order valence-electron chi connectivity index (χ2n) is 4.37. The SMILES string of the molecule is CC1=N/C(=C/c2ccc(C(C)C)cc2)C(=O)O1. The molecule has 3 heteroatoms.